The van der Waals surface area contributed by atoms with E-state index in [0.717, 1.165) is 6.54 Å². The molecule has 0 aliphatic rings. The Morgan fingerprint density at radius 3 is 1.41 bits per heavy atom. The minimum Gasteiger partial charge on any atom is -0.378 e. The Morgan fingerprint density at radius 2 is 0.971 bits per heavy atom. The highest BCUT2D eigenvalue weighted by molar-refractivity contribution is 5.70. The van der Waals surface area contributed by atoms with E-state index in [4.69, 9.17) is 0 Å². The predicted octanol–water partition coefficient (Wildman–Crippen LogP) is 9.08. The first-order valence-corrected chi connectivity index (χ1v) is 14.1. The molecule has 0 saturated carbocycles. The van der Waals surface area contributed by atoms with E-state index < -0.39 is 0 Å². The second-order valence-electron chi connectivity index (χ2n) is 10.1. The Balaban J connectivity index is 1.47. The number of pyridine rings is 1. The molecule has 188 valence electrons. The number of hydrogen-bond donors (Lipinski definition) is 0. The summed E-state index contributed by atoms with van der Waals surface area (Å²) in [6, 6.07) is 13.1. The van der Waals surface area contributed by atoms with Gasteiger partial charge in [-0.2, -0.15) is 0 Å². The van der Waals surface area contributed by atoms with Crippen molar-refractivity contribution in [2.75, 3.05) is 19.0 Å². The van der Waals surface area contributed by atoms with Gasteiger partial charge >= 0.3 is 0 Å². The standard InChI is InChI=1S/C32H51N2/c1-4-5-6-7-8-9-10-11-12-13-14-15-16-17-18-27-34-28-25-31(26-29-34)20-19-30-21-23-32(24-22-30)33(2)3/h19-26,28-29H,4-18,27H2,1-3H3/q+1. The zero-order chi connectivity index (χ0) is 24.3. The molecular weight excluding hydrogens is 412 g/mol. The highest BCUT2D eigenvalue weighted by atomic mass is 15.1. The first-order chi connectivity index (χ1) is 16.7. The molecule has 0 spiro atoms. The molecule has 1 aromatic carbocycles. The maximum absolute atomic E-state index is 2.32. The van der Waals surface area contributed by atoms with Crippen molar-refractivity contribution in [1.29, 1.82) is 0 Å². The lowest BCUT2D eigenvalue weighted by molar-refractivity contribution is -0.697. The van der Waals surface area contributed by atoms with Crippen molar-refractivity contribution in [1.82, 2.24) is 0 Å². The monoisotopic (exact) mass is 463 g/mol. The number of benzene rings is 1. The Kier molecular flexibility index (Phi) is 15.1. The zero-order valence-electron chi connectivity index (χ0n) is 22.5. The minimum atomic E-state index is 1.13. The molecule has 0 radical (unpaired) electrons. The summed E-state index contributed by atoms with van der Waals surface area (Å²) >= 11 is 0. The van der Waals surface area contributed by atoms with Crippen LogP contribution in [0.5, 0.6) is 0 Å². The lowest BCUT2D eigenvalue weighted by Crippen LogP contribution is -2.32. The van der Waals surface area contributed by atoms with Crippen LogP contribution in [-0.2, 0) is 6.54 Å². The van der Waals surface area contributed by atoms with Gasteiger partial charge in [0.15, 0.2) is 12.4 Å². The van der Waals surface area contributed by atoms with E-state index in [1.54, 1.807) is 0 Å². The Hall–Kier alpha value is -2.09. The fraction of sp³-hybridized carbons (Fsp3) is 0.594. The lowest BCUT2D eigenvalue weighted by atomic mass is 10.0. The summed E-state index contributed by atoms with van der Waals surface area (Å²) < 4.78 is 2.32. The number of aryl methyl sites for hydroxylation is 1. The topological polar surface area (TPSA) is 7.12 Å². The molecule has 0 fully saturated rings. The number of aromatic nitrogens is 1. The molecule has 1 aromatic heterocycles. The molecule has 0 aliphatic heterocycles. The molecule has 2 aromatic rings. The van der Waals surface area contributed by atoms with E-state index in [9.17, 15) is 0 Å². The van der Waals surface area contributed by atoms with Gasteiger partial charge in [-0.15, -0.1) is 0 Å². The fourth-order valence-corrected chi connectivity index (χ4v) is 4.47. The Labute approximate surface area is 211 Å². The van der Waals surface area contributed by atoms with E-state index in [1.165, 1.54) is 113 Å². The number of nitrogens with zero attached hydrogens (tertiary/aromatic N) is 2. The van der Waals surface area contributed by atoms with Gasteiger partial charge in [0.05, 0.1) is 0 Å². The number of hydrogen-bond acceptors (Lipinski definition) is 1. The number of rotatable bonds is 19. The summed E-state index contributed by atoms with van der Waals surface area (Å²) in [6.07, 6.45) is 30.1. The van der Waals surface area contributed by atoms with Crippen molar-refractivity contribution in [2.45, 2.75) is 110 Å². The Bertz CT molecular complexity index is 759. The molecule has 0 atom stereocenters. The van der Waals surface area contributed by atoms with Crippen molar-refractivity contribution >= 4 is 17.8 Å². The molecule has 2 heteroatoms. The highest BCUT2D eigenvalue weighted by Gasteiger charge is 2.01. The molecule has 1 heterocycles. The normalized spacial score (nSPS) is 11.4. The van der Waals surface area contributed by atoms with Crippen molar-refractivity contribution in [3.05, 3.63) is 59.9 Å². The van der Waals surface area contributed by atoms with E-state index >= 15 is 0 Å². The van der Waals surface area contributed by atoms with E-state index in [-0.39, 0.29) is 0 Å². The average Bonchev–Trinajstić information content (AvgIpc) is 2.86. The van der Waals surface area contributed by atoms with Crippen LogP contribution in [0.1, 0.15) is 114 Å². The van der Waals surface area contributed by atoms with Gasteiger partial charge in [0, 0.05) is 38.3 Å². The molecular formula is C32H51N2+. The Morgan fingerprint density at radius 1 is 0.559 bits per heavy atom. The third-order valence-electron chi connectivity index (χ3n) is 6.81. The molecule has 0 aliphatic carbocycles. The van der Waals surface area contributed by atoms with Gasteiger partial charge in [-0.3, -0.25) is 0 Å². The van der Waals surface area contributed by atoms with Gasteiger partial charge in [0.1, 0.15) is 6.54 Å². The molecule has 0 N–H and O–H groups in total. The highest BCUT2D eigenvalue weighted by Crippen LogP contribution is 2.15. The van der Waals surface area contributed by atoms with Crippen LogP contribution in [-0.4, -0.2) is 14.1 Å². The fourth-order valence-electron chi connectivity index (χ4n) is 4.47. The molecule has 0 amide bonds. The van der Waals surface area contributed by atoms with Crippen LogP contribution < -0.4 is 9.47 Å². The molecule has 34 heavy (non-hydrogen) atoms. The van der Waals surface area contributed by atoms with Crippen LogP contribution in [0, 0.1) is 0 Å². The van der Waals surface area contributed by atoms with E-state index in [1.807, 2.05) is 0 Å². The van der Waals surface area contributed by atoms with Gasteiger partial charge in [0.2, 0.25) is 0 Å². The SMILES string of the molecule is CCCCCCCCCCCCCCCCC[n+]1ccc(/C=C/c2ccc(N(C)C)cc2)cc1. The summed E-state index contributed by atoms with van der Waals surface area (Å²) in [6.45, 7) is 3.43. The number of anilines is 1. The van der Waals surface area contributed by atoms with Crippen molar-refractivity contribution in [2.24, 2.45) is 0 Å². The average molecular weight is 464 g/mol. The van der Waals surface area contributed by atoms with Gasteiger partial charge in [-0.05, 0) is 29.7 Å². The van der Waals surface area contributed by atoms with Crippen LogP contribution in [0.15, 0.2) is 48.8 Å². The van der Waals surface area contributed by atoms with Gasteiger partial charge in [-0.1, -0.05) is 115 Å². The smallest absolute Gasteiger partial charge is 0.169 e. The van der Waals surface area contributed by atoms with Crippen LogP contribution in [0.25, 0.3) is 12.2 Å². The third kappa shape index (κ3) is 13.0. The largest absolute Gasteiger partial charge is 0.378 e. The summed E-state index contributed by atoms with van der Waals surface area (Å²) in [4.78, 5) is 2.13. The number of unbranched alkanes of at least 4 members (excludes halogenated alkanes) is 14. The first-order valence-electron chi connectivity index (χ1n) is 14.1. The maximum atomic E-state index is 2.32. The van der Waals surface area contributed by atoms with Gasteiger partial charge in [-0.25, -0.2) is 4.57 Å². The van der Waals surface area contributed by atoms with Crippen molar-refractivity contribution < 1.29 is 4.57 Å². The predicted molar refractivity (Wildman–Crippen MR) is 151 cm³/mol. The van der Waals surface area contributed by atoms with Gasteiger partial charge in [0.25, 0.3) is 0 Å². The van der Waals surface area contributed by atoms with Crippen LogP contribution in [0.4, 0.5) is 5.69 Å². The second-order valence-corrected chi connectivity index (χ2v) is 10.1. The first kappa shape index (κ1) is 28.1. The molecule has 0 bridgehead atoms. The van der Waals surface area contributed by atoms with Crippen LogP contribution in [0.2, 0.25) is 0 Å². The van der Waals surface area contributed by atoms with E-state index in [2.05, 4.69) is 91.4 Å². The van der Waals surface area contributed by atoms with Crippen molar-refractivity contribution in [3.8, 4) is 0 Å². The third-order valence-corrected chi connectivity index (χ3v) is 6.81. The van der Waals surface area contributed by atoms with Crippen LogP contribution >= 0.6 is 0 Å². The lowest BCUT2D eigenvalue weighted by Gasteiger charge is -2.11. The zero-order valence-corrected chi connectivity index (χ0v) is 22.5. The quantitative estimate of drug-likeness (QED) is 0.149. The minimum absolute atomic E-state index is 1.13. The summed E-state index contributed by atoms with van der Waals surface area (Å²) in [5.41, 5.74) is 3.72. The summed E-state index contributed by atoms with van der Waals surface area (Å²) in [7, 11) is 4.15. The second kappa shape index (κ2) is 18.3. The van der Waals surface area contributed by atoms with Crippen molar-refractivity contribution in [3.63, 3.8) is 0 Å². The maximum Gasteiger partial charge on any atom is 0.169 e. The molecule has 2 rings (SSSR count). The molecule has 2 nitrogen and oxygen atoms in total. The molecule has 0 unspecified atom stereocenters. The van der Waals surface area contributed by atoms with Crippen LogP contribution in [0.3, 0.4) is 0 Å². The molecule has 0 saturated heterocycles. The van der Waals surface area contributed by atoms with E-state index in [0.29, 0.717) is 0 Å². The summed E-state index contributed by atoms with van der Waals surface area (Å²) in [5, 5.41) is 0. The van der Waals surface area contributed by atoms with Gasteiger partial charge < -0.3 is 4.90 Å². The summed E-state index contributed by atoms with van der Waals surface area (Å²) in [5.74, 6) is 0.